The van der Waals surface area contributed by atoms with Crippen LogP contribution in [-0.4, -0.2) is 36.0 Å². The van der Waals surface area contributed by atoms with Gasteiger partial charge in [0.2, 0.25) is 0 Å². The van der Waals surface area contributed by atoms with Gasteiger partial charge in [-0.15, -0.1) is 0 Å². The molecule has 4 nitrogen and oxygen atoms in total. The first kappa shape index (κ1) is 20.2. The van der Waals surface area contributed by atoms with Crippen LogP contribution in [0.2, 0.25) is 0 Å². The molecule has 2 N–H and O–H groups in total. The lowest BCUT2D eigenvalue weighted by molar-refractivity contribution is -0.134. The minimum Gasteiger partial charge on any atom is -0.466 e. The smallest absolute Gasteiger partial charge is 0.330 e. The zero-order valence-electron chi connectivity index (χ0n) is 16.3. The molecule has 25 heavy (non-hydrogen) atoms. The average molecular weight is 350 g/mol. The zero-order chi connectivity index (χ0) is 18.8. The Kier molecular flexibility index (Phi) is 6.16. The lowest BCUT2D eigenvalue weighted by Gasteiger charge is -2.58. The highest BCUT2D eigenvalue weighted by Gasteiger charge is 2.56. The zero-order valence-corrected chi connectivity index (χ0v) is 16.3. The highest BCUT2D eigenvalue weighted by molar-refractivity contribution is 5.82. The first-order chi connectivity index (χ1) is 11.7. The van der Waals surface area contributed by atoms with Crippen molar-refractivity contribution in [1.29, 1.82) is 0 Å². The van der Waals surface area contributed by atoms with Crippen LogP contribution in [0.4, 0.5) is 0 Å². The monoisotopic (exact) mass is 350 g/mol. The van der Waals surface area contributed by atoms with E-state index in [1.54, 1.807) is 6.08 Å². The largest absolute Gasteiger partial charge is 0.466 e. The van der Waals surface area contributed by atoms with Crippen LogP contribution in [0.3, 0.4) is 0 Å². The Labute approximate surface area is 152 Å². The lowest BCUT2D eigenvalue weighted by atomic mass is 9.47. The molecule has 0 saturated heterocycles. The molecule has 0 amide bonds. The molecule has 0 heterocycles. The van der Waals surface area contributed by atoms with Crippen molar-refractivity contribution in [2.75, 3.05) is 13.7 Å². The number of esters is 1. The van der Waals surface area contributed by atoms with Gasteiger partial charge in [0, 0.05) is 18.6 Å². The Morgan fingerprint density at radius 1 is 1.40 bits per heavy atom. The van der Waals surface area contributed by atoms with Crippen LogP contribution >= 0.6 is 0 Å². The Bertz CT molecular complexity index is 564. The summed E-state index contributed by atoms with van der Waals surface area (Å²) >= 11 is 0. The molecule has 4 heteroatoms. The van der Waals surface area contributed by atoms with Crippen LogP contribution in [0, 0.1) is 22.7 Å². The summed E-state index contributed by atoms with van der Waals surface area (Å²) in [7, 11) is 1.39. The van der Waals surface area contributed by atoms with E-state index >= 15 is 0 Å². The van der Waals surface area contributed by atoms with E-state index in [0.29, 0.717) is 5.92 Å². The molecular weight excluding hydrogens is 316 g/mol. The van der Waals surface area contributed by atoms with Gasteiger partial charge in [-0.05, 0) is 56.3 Å². The third-order valence-corrected chi connectivity index (χ3v) is 6.80. The summed E-state index contributed by atoms with van der Waals surface area (Å²) in [4.78, 5) is 11.4. The first-order valence-corrected chi connectivity index (χ1v) is 9.40. The summed E-state index contributed by atoms with van der Waals surface area (Å²) in [6, 6.07) is 0. The third-order valence-electron chi connectivity index (χ3n) is 6.80. The number of hydrogen-bond donors (Lipinski definition) is 2. The fraction of sp³-hybridized carbons (Fsp3) is 0.762. The van der Waals surface area contributed by atoms with Crippen LogP contribution < -0.4 is 0 Å². The van der Waals surface area contributed by atoms with E-state index in [9.17, 15) is 15.0 Å². The SMILES string of the molecule is COC(=O)/C=C(\C)CC[C@@H]1C(C)=C[C@@H](O)[C@@H]2[C@@](C)(CO)CCC[C@@]12C. The van der Waals surface area contributed by atoms with Crippen LogP contribution in [-0.2, 0) is 9.53 Å². The summed E-state index contributed by atoms with van der Waals surface area (Å²) in [5, 5.41) is 20.8. The molecule has 2 aliphatic carbocycles. The number of aliphatic hydroxyl groups excluding tert-OH is 2. The fourth-order valence-electron chi connectivity index (χ4n) is 5.61. The molecule has 0 aromatic heterocycles. The number of carbonyl (C=O) groups excluding carboxylic acids is 1. The summed E-state index contributed by atoms with van der Waals surface area (Å²) in [6.45, 7) is 8.59. The molecule has 0 spiro atoms. The molecule has 1 saturated carbocycles. The Morgan fingerprint density at radius 3 is 2.68 bits per heavy atom. The predicted molar refractivity (Wildman–Crippen MR) is 98.9 cm³/mol. The van der Waals surface area contributed by atoms with E-state index in [2.05, 4.69) is 20.8 Å². The number of rotatable bonds is 5. The van der Waals surface area contributed by atoms with Gasteiger partial charge in [0.1, 0.15) is 0 Å². The van der Waals surface area contributed by atoms with Crippen LogP contribution in [0.25, 0.3) is 0 Å². The van der Waals surface area contributed by atoms with Gasteiger partial charge >= 0.3 is 5.97 Å². The van der Waals surface area contributed by atoms with Gasteiger partial charge in [0.15, 0.2) is 0 Å². The average Bonchev–Trinajstić information content (AvgIpc) is 2.53. The van der Waals surface area contributed by atoms with Crippen molar-refractivity contribution in [2.24, 2.45) is 22.7 Å². The van der Waals surface area contributed by atoms with Gasteiger partial charge in [-0.3, -0.25) is 0 Å². The highest BCUT2D eigenvalue weighted by Crippen LogP contribution is 2.60. The van der Waals surface area contributed by atoms with Crippen molar-refractivity contribution in [3.63, 3.8) is 0 Å². The number of methoxy groups -OCH3 is 1. The van der Waals surface area contributed by atoms with Crippen molar-refractivity contribution in [1.82, 2.24) is 0 Å². The van der Waals surface area contributed by atoms with Crippen LogP contribution in [0.5, 0.6) is 0 Å². The van der Waals surface area contributed by atoms with Gasteiger partial charge in [-0.2, -0.15) is 0 Å². The maximum Gasteiger partial charge on any atom is 0.330 e. The van der Waals surface area contributed by atoms with Crippen LogP contribution in [0.15, 0.2) is 23.3 Å². The quantitative estimate of drug-likeness (QED) is 0.451. The molecule has 142 valence electrons. The molecular formula is C21H34O4. The number of fused-ring (bicyclic) bond motifs is 1. The molecule has 0 unspecified atom stereocenters. The number of allylic oxidation sites excluding steroid dienone is 2. The predicted octanol–water partition coefficient (Wildman–Crippen LogP) is 3.63. The standard InChI is InChI=1S/C21H34O4/c1-14(11-18(24)25-5)7-8-16-15(2)12-17(23)19-20(3,13-22)9-6-10-21(16,19)4/h11-12,16-17,19,22-23H,6-10,13H2,1-5H3/b14-11+/t16-,17-,19-,20-,21+/m1/s1. The third kappa shape index (κ3) is 3.85. The van der Waals surface area contributed by atoms with E-state index in [4.69, 9.17) is 4.74 Å². The summed E-state index contributed by atoms with van der Waals surface area (Å²) in [5.74, 6) is 0.115. The minimum atomic E-state index is -0.495. The summed E-state index contributed by atoms with van der Waals surface area (Å²) in [6.07, 6.45) is 7.96. The van der Waals surface area contributed by atoms with Crippen molar-refractivity contribution in [3.8, 4) is 0 Å². The second kappa shape index (κ2) is 7.63. The number of ether oxygens (including phenoxy) is 1. The number of carbonyl (C=O) groups is 1. The maximum absolute atomic E-state index is 11.4. The molecule has 5 atom stereocenters. The Morgan fingerprint density at radius 2 is 2.08 bits per heavy atom. The number of hydrogen-bond acceptors (Lipinski definition) is 4. The van der Waals surface area contributed by atoms with E-state index in [0.717, 1.165) is 37.7 Å². The van der Waals surface area contributed by atoms with Gasteiger partial charge in [-0.1, -0.05) is 37.5 Å². The molecule has 1 fully saturated rings. The van der Waals surface area contributed by atoms with E-state index in [1.807, 2.05) is 13.0 Å². The van der Waals surface area contributed by atoms with Crippen molar-refractivity contribution < 1.29 is 19.7 Å². The van der Waals surface area contributed by atoms with Crippen molar-refractivity contribution >= 4 is 5.97 Å². The molecule has 0 aliphatic heterocycles. The maximum atomic E-state index is 11.4. The summed E-state index contributed by atoms with van der Waals surface area (Å²) in [5.41, 5.74) is 1.99. The topological polar surface area (TPSA) is 66.8 Å². The Balaban J connectivity index is 2.27. The summed E-state index contributed by atoms with van der Waals surface area (Å²) < 4.78 is 4.71. The second-order valence-electron chi connectivity index (χ2n) is 8.66. The molecule has 0 aromatic rings. The lowest BCUT2D eigenvalue weighted by Crippen LogP contribution is -2.56. The van der Waals surface area contributed by atoms with E-state index in [-0.39, 0.29) is 29.3 Å². The van der Waals surface area contributed by atoms with Crippen molar-refractivity contribution in [3.05, 3.63) is 23.3 Å². The molecule has 2 aliphatic rings. The first-order valence-electron chi connectivity index (χ1n) is 9.40. The van der Waals surface area contributed by atoms with Crippen LogP contribution in [0.1, 0.15) is 59.8 Å². The number of aliphatic hydroxyl groups is 2. The Hall–Kier alpha value is -1.13. The normalized spacial score (nSPS) is 38.8. The molecule has 0 radical (unpaired) electrons. The van der Waals surface area contributed by atoms with Gasteiger partial charge in [-0.25, -0.2) is 4.79 Å². The molecule has 0 bridgehead atoms. The van der Waals surface area contributed by atoms with E-state index in [1.165, 1.54) is 12.7 Å². The van der Waals surface area contributed by atoms with Gasteiger partial charge < -0.3 is 14.9 Å². The molecule has 2 rings (SSSR count). The molecule has 0 aromatic carbocycles. The fourth-order valence-corrected chi connectivity index (χ4v) is 5.61. The van der Waals surface area contributed by atoms with E-state index < -0.39 is 6.10 Å². The second-order valence-corrected chi connectivity index (χ2v) is 8.66. The van der Waals surface area contributed by atoms with Crippen molar-refractivity contribution in [2.45, 2.75) is 65.9 Å². The van der Waals surface area contributed by atoms with Gasteiger partial charge in [0.05, 0.1) is 13.2 Å². The highest BCUT2D eigenvalue weighted by atomic mass is 16.5. The minimum absolute atomic E-state index is 0.0282. The van der Waals surface area contributed by atoms with Gasteiger partial charge in [0.25, 0.3) is 0 Å².